The lowest BCUT2D eigenvalue weighted by atomic mass is 10.2. The van der Waals surface area contributed by atoms with E-state index in [2.05, 4.69) is 0 Å². The number of nitro groups is 1. The molecule has 0 heterocycles. The fourth-order valence-corrected chi connectivity index (χ4v) is 3.08. The molecule has 23 heavy (non-hydrogen) atoms. The van der Waals surface area contributed by atoms with Crippen LogP contribution >= 0.6 is 23.2 Å². The van der Waals surface area contributed by atoms with Crippen molar-refractivity contribution >= 4 is 39.0 Å². The van der Waals surface area contributed by atoms with Gasteiger partial charge in [-0.2, -0.15) is 8.42 Å². The first-order valence-corrected chi connectivity index (χ1v) is 8.56. The molecule has 122 valence electrons. The number of halogens is 2. The van der Waals surface area contributed by atoms with E-state index in [9.17, 15) is 18.5 Å². The number of hydrogen-bond acceptors (Lipinski definition) is 5. The molecule has 0 aliphatic heterocycles. The summed E-state index contributed by atoms with van der Waals surface area (Å²) < 4.78 is 29.4. The number of hydrogen-bond donors (Lipinski definition) is 0. The van der Waals surface area contributed by atoms with E-state index in [1.807, 2.05) is 6.92 Å². The van der Waals surface area contributed by atoms with E-state index >= 15 is 0 Å². The van der Waals surface area contributed by atoms with Crippen molar-refractivity contribution < 1.29 is 17.5 Å². The van der Waals surface area contributed by atoms with Gasteiger partial charge in [-0.25, -0.2) is 0 Å². The van der Waals surface area contributed by atoms with Gasteiger partial charge in [0.25, 0.3) is 5.69 Å². The SMILES string of the molecule is Cc1ccc(S(=O)(=O)Oc2ccc([N+](=O)[O-])c(C(Cl)Cl)c2)cc1. The Bertz CT molecular complexity index is 835. The third kappa shape index (κ3) is 4.13. The first-order valence-electron chi connectivity index (χ1n) is 6.28. The van der Waals surface area contributed by atoms with Crippen LogP contribution in [0.3, 0.4) is 0 Å². The van der Waals surface area contributed by atoms with Crippen molar-refractivity contribution in [2.45, 2.75) is 16.7 Å². The Morgan fingerprint density at radius 2 is 1.74 bits per heavy atom. The van der Waals surface area contributed by atoms with Gasteiger partial charge >= 0.3 is 10.1 Å². The Morgan fingerprint density at radius 1 is 1.13 bits per heavy atom. The van der Waals surface area contributed by atoms with Crippen LogP contribution < -0.4 is 4.18 Å². The van der Waals surface area contributed by atoms with E-state index in [4.69, 9.17) is 27.4 Å². The summed E-state index contributed by atoms with van der Waals surface area (Å²) in [7, 11) is -4.06. The summed E-state index contributed by atoms with van der Waals surface area (Å²) in [4.78, 5) is 9.02. The lowest BCUT2D eigenvalue weighted by molar-refractivity contribution is -0.385. The Labute approximate surface area is 142 Å². The van der Waals surface area contributed by atoms with Crippen molar-refractivity contribution in [2.75, 3.05) is 0 Å². The first-order chi connectivity index (χ1) is 10.7. The molecule has 0 saturated heterocycles. The largest absolute Gasteiger partial charge is 0.379 e. The molecule has 2 rings (SSSR count). The Kier molecular flexibility index (Phi) is 5.13. The Morgan fingerprint density at radius 3 is 2.26 bits per heavy atom. The van der Waals surface area contributed by atoms with Crippen LogP contribution in [0.15, 0.2) is 47.4 Å². The van der Waals surface area contributed by atoms with Crippen molar-refractivity contribution in [3.8, 4) is 5.75 Å². The number of alkyl halides is 2. The van der Waals surface area contributed by atoms with Crippen LogP contribution in [0.1, 0.15) is 16.0 Å². The van der Waals surface area contributed by atoms with Crippen LogP contribution in [0.25, 0.3) is 0 Å². The maximum absolute atomic E-state index is 12.2. The average Bonchev–Trinajstić information content (AvgIpc) is 2.46. The first kappa shape index (κ1) is 17.5. The number of rotatable bonds is 5. The third-order valence-electron chi connectivity index (χ3n) is 2.95. The summed E-state index contributed by atoms with van der Waals surface area (Å²) >= 11 is 11.4. The highest BCUT2D eigenvalue weighted by Crippen LogP contribution is 2.35. The summed E-state index contributed by atoms with van der Waals surface area (Å²) in [5.74, 6) is -0.113. The Balaban J connectivity index is 2.38. The van der Waals surface area contributed by atoms with Gasteiger partial charge in [-0.1, -0.05) is 40.9 Å². The maximum Gasteiger partial charge on any atom is 0.339 e. The second-order valence-electron chi connectivity index (χ2n) is 4.63. The molecule has 9 heteroatoms. The molecule has 0 radical (unpaired) electrons. The van der Waals surface area contributed by atoms with Gasteiger partial charge in [-0.05, 0) is 31.2 Å². The van der Waals surface area contributed by atoms with Gasteiger partial charge in [-0.15, -0.1) is 0 Å². The fraction of sp³-hybridized carbons (Fsp3) is 0.143. The second-order valence-corrected chi connectivity index (χ2v) is 7.27. The molecule has 0 aromatic heterocycles. The summed E-state index contributed by atoms with van der Waals surface area (Å²) in [6, 6.07) is 9.47. The topological polar surface area (TPSA) is 86.5 Å². The predicted molar refractivity (Wildman–Crippen MR) is 86.5 cm³/mol. The molecule has 0 aliphatic carbocycles. The summed E-state index contributed by atoms with van der Waals surface area (Å²) in [5, 5.41) is 10.9. The minimum Gasteiger partial charge on any atom is -0.379 e. The van der Waals surface area contributed by atoms with Crippen LogP contribution in [-0.4, -0.2) is 13.3 Å². The number of aryl methyl sites for hydroxylation is 1. The molecule has 0 bridgehead atoms. The van der Waals surface area contributed by atoms with E-state index in [-0.39, 0.29) is 21.9 Å². The summed E-state index contributed by atoms with van der Waals surface area (Å²) in [6.45, 7) is 1.82. The zero-order chi connectivity index (χ0) is 17.2. The predicted octanol–water partition coefficient (Wildman–Crippen LogP) is 4.15. The average molecular weight is 376 g/mol. The highest BCUT2D eigenvalue weighted by Gasteiger charge is 2.22. The van der Waals surface area contributed by atoms with Crippen molar-refractivity contribution in [3.05, 3.63) is 63.7 Å². The normalized spacial score (nSPS) is 11.5. The minimum absolute atomic E-state index is 0.0312. The van der Waals surface area contributed by atoms with Crippen LogP contribution in [0.5, 0.6) is 5.75 Å². The van der Waals surface area contributed by atoms with Crippen LogP contribution in [0, 0.1) is 17.0 Å². The molecule has 0 unspecified atom stereocenters. The molecule has 0 spiro atoms. The zero-order valence-corrected chi connectivity index (χ0v) is 14.1. The van der Waals surface area contributed by atoms with Gasteiger partial charge < -0.3 is 4.18 Å². The summed E-state index contributed by atoms with van der Waals surface area (Å²) in [5.41, 5.74) is 0.531. The Hall–Kier alpha value is -1.83. The molecule has 2 aromatic carbocycles. The molecular weight excluding hydrogens is 365 g/mol. The lowest BCUT2D eigenvalue weighted by Gasteiger charge is -2.09. The zero-order valence-electron chi connectivity index (χ0n) is 11.8. The molecular formula is C14H11Cl2NO5S. The van der Waals surface area contributed by atoms with Crippen molar-refractivity contribution in [3.63, 3.8) is 0 Å². The lowest BCUT2D eigenvalue weighted by Crippen LogP contribution is -2.10. The number of nitro benzene ring substituents is 1. The van der Waals surface area contributed by atoms with Crippen molar-refractivity contribution in [1.82, 2.24) is 0 Å². The van der Waals surface area contributed by atoms with Crippen LogP contribution in [0.2, 0.25) is 0 Å². The molecule has 0 saturated carbocycles. The van der Waals surface area contributed by atoms with Gasteiger partial charge in [0.2, 0.25) is 0 Å². The van der Waals surface area contributed by atoms with Gasteiger partial charge in [0.05, 0.1) is 10.5 Å². The highest BCUT2D eigenvalue weighted by molar-refractivity contribution is 7.87. The van der Waals surface area contributed by atoms with Gasteiger partial charge in [-0.3, -0.25) is 10.1 Å². The number of benzene rings is 2. The monoisotopic (exact) mass is 375 g/mol. The summed E-state index contributed by atoms with van der Waals surface area (Å²) in [6.07, 6.45) is 0. The second kappa shape index (κ2) is 6.74. The van der Waals surface area contributed by atoms with E-state index in [0.717, 1.165) is 17.7 Å². The fourth-order valence-electron chi connectivity index (χ4n) is 1.81. The van der Waals surface area contributed by atoms with E-state index < -0.39 is 19.9 Å². The molecule has 0 amide bonds. The molecule has 0 N–H and O–H groups in total. The molecule has 0 fully saturated rings. The maximum atomic E-state index is 12.2. The van der Waals surface area contributed by atoms with E-state index in [1.54, 1.807) is 12.1 Å². The molecule has 0 atom stereocenters. The van der Waals surface area contributed by atoms with Crippen LogP contribution in [-0.2, 0) is 10.1 Å². The van der Waals surface area contributed by atoms with Gasteiger partial charge in [0.1, 0.15) is 15.5 Å². The highest BCUT2D eigenvalue weighted by atomic mass is 35.5. The van der Waals surface area contributed by atoms with E-state index in [0.29, 0.717) is 0 Å². The standard InChI is InChI=1S/C14H11Cl2NO5S/c1-9-2-5-11(6-3-9)23(20,21)22-10-4-7-13(17(18)19)12(8-10)14(15)16/h2-8,14H,1H3. The van der Waals surface area contributed by atoms with Crippen molar-refractivity contribution in [2.24, 2.45) is 0 Å². The van der Waals surface area contributed by atoms with E-state index in [1.165, 1.54) is 18.2 Å². The smallest absolute Gasteiger partial charge is 0.339 e. The molecule has 0 aliphatic rings. The third-order valence-corrected chi connectivity index (χ3v) is 4.68. The quantitative estimate of drug-likeness (QED) is 0.339. The van der Waals surface area contributed by atoms with Crippen LogP contribution in [0.4, 0.5) is 5.69 Å². The molecule has 6 nitrogen and oxygen atoms in total. The van der Waals surface area contributed by atoms with Gasteiger partial charge in [0, 0.05) is 6.07 Å². The minimum atomic E-state index is -4.06. The van der Waals surface area contributed by atoms with Crippen molar-refractivity contribution in [1.29, 1.82) is 0 Å². The molecule has 2 aromatic rings. The number of nitrogens with zero attached hydrogens (tertiary/aromatic N) is 1. The van der Waals surface area contributed by atoms with Gasteiger partial charge in [0.15, 0.2) is 0 Å².